The van der Waals surface area contributed by atoms with Gasteiger partial charge in [-0.2, -0.15) is 9.97 Å². The third-order valence-corrected chi connectivity index (χ3v) is 11.2. The molecule has 0 spiro atoms. The molecule has 4 saturated heterocycles. The number of pyridine rings is 1. The van der Waals surface area contributed by atoms with E-state index in [1.165, 1.54) is 12.3 Å². The van der Waals surface area contributed by atoms with Gasteiger partial charge in [0, 0.05) is 49.4 Å². The molecule has 3 atom stereocenters. The van der Waals surface area contributed by atoms with Gasteiger partial charge < -0.3 is 29.1 Å². The number of halogens is 2. The molecule has 0 bridgehead atoms. The van der Waals surface area contributed by atoms with E-state index in [0.29, 0.717) is 86.4 Å². The molecule has 11 nitrogen and oxygen atoms in total. The minimum atomic E-state index is -0.964. The number of fused-ring (bicyclic) bond motifs is 3. The van der Waals surface area contributed by atoms with E-state index in [0.717, 1.165) is 32.2 Å². The van der Waals surface area contributed by atoms with Gasteiger partial charge in [-0.15, -0.1) is 6.42 Å². The summed E-state index contributed by atoms with van der Waals surface area (Å²) in [6.45, 7) is 6.17. The largest absolute Gasteiger partial charge is 0.461 e. The van der Waals surface area contributed by atoms with E-state index in [1.54, 1.807) is 36.1 Å². The minimum Gasteiger partial charge on any atom is -0.461 e. The monoisotopic (exact) mass is 712 g/mol. The lowest BCUT2D eigenvalue weighted by molar-refractivity contribution is 0.0138. The molecule has 13 heteroatoms. The van der Waals surface area contributed by atoms with E-state index in [4.69, 9.17) is 25.6 Å². The van der Waals surface area contributed by atoms with Crippen molar-refractivity contribution in [2.45, 2.75) is 62.6 Å². The average Bonchev–Trinajstić information content (AvgIpc) is 3.72. The van der Waals surface area contributed by atoms with Crippen molar-refractivity contribution < 1.29 is 32.9 Å². The van der Waals surface area contributed by atoms with Crippen LogP contribution in [0.3, 0.4) is 0 Å². The van der Waals surface area contributed by atoms with Crippen LogP contribution in [0.15, 0.2) is 36.5 Å². The van der Waals surface area contributed by atoms with E-state index in [1.807, 2.05) is 4.90 Å². The van der Waals surface area contributed by atoms with Gasteiger partial charge in [-0.3, -0.25) is 9.88 Å². The lowest BCUT2D eigenvalue weighted by Crippen LogP contribution is -2.49. The fourth-order valence-electron chi connectivity index (χ4n) is 8.60. The molecule has 0 aliphatic carbocycles. The van der Waals surface area contributed by atoms with Crippen LogP contribution in [0.1, 0.15) is 51.0 Å². The fraction of sp³-hybridized carbons (Fsp3) is 0.487. The van der Waals surface area contributed by atoms with Crippen molar-refractivity contribution in [3.8, 4) is 29.6 Å². The molecule has 52 heavy (non-hydrogen) atoms. The molecule has 4 aromatic rings. The summed E-state index contributed by atoms with van der Waals surface area (Å²) >= 11 is 0. The number of hydrogen-bond acceptors (Lipinski definition) is 10. The molecule has 8 rings (SSSR count). The van der Waals surface area contributed by atoms with Crippen molar-refractivity contribution in [2.75, 3.05) is 64.1 Å². The SMILES string of the molecule is C#Cc1c(F)ccc2cccc(-c3ncc4c(N5CCC[C@@](C)(O)C5)nc(OC[C@]56CCCN5[C@@H](COC(=O)N5CCOCC5)CC6)nc4c3F)c12. The molecule has 4 aliphatic heterocycles. The van der Waals surface area contributed by atoms with Crippen molar-refractivity contribution in [3.05, 3.63) is 53.7 Å². The zero-order valence-electron chi connectivity index (χ0n) is 29.2. The maximum atomic E-state index is 16.9. The number of terminal acetylenes is 1. The summed E-state index contributed by atoms with van der Waals surface area (Å²) in [4.78, 5) is 32.7. The number of β-amino-alcohol motifs (C(OH)–C–C–N with tert-alkyl or cyclic N) is 1. The Labute approximate surface area is 300 Å². The van der Waals surface area contributed by atoms with Gasteiger partial charge in [0.15, 0.2) is 5.82 Å². The maximum absolute atomic E-state index is 16.9. The first-order valence-electron chi connectivity index (χ1n) is 18.1. The number of piperidine rings is 1. The highest BCUT2D eigenvalue weighted by Crippen LogP contribution is 2.43. The molecule has 0 radical (unpaired) electrons. The number of carbonyl (C=O) groups excluding carboxylic acids is 1. The van der Waals surface area contributed by atoms with Gasteiger partial charge in [-0.25, -0.2) is 13.6 Å². The van der Waals surface area contributed by atoms with Crippen LogP contribution in [0.4, 0.5) is 19.4 Å². The second-order valence-electron chi connectivity index (χ2n) is 14.7. The Kier molecular flexibility index (Phi) is 9.09. The highest BCUT2D eigenvalue weighted by molar-refractivity contribution is 6.02. The molecular formula is C39H42F2N6O5. The first-order valence-corrected chi connectivity index (χ1v) is 18.1. The molecule has 272 valence electrons. The zero-order chi connectivity index (χ0) is 36.0. The molecule has 0 saturated carbocycles. The number of carbonyl (C=O) groups is 1. The summed E-state index contributed by atoms with van der Waals surface area (Å²) < 4.78 is 49.3. The number of morpholine rings is 1. The van der Waals surface area contributed by atoms with E-state index in [9.17, 15) is 14.3 Å². The normalized spacial score (nSPS) is 25.0. The smallest absolute Gasteiger partial charge is 0.409 e. The Balaban J connectivity index is 1.12. The van der Waals surface area contributed by atoms with Crippen molar-refractivity contribution in [2.24, 2.45) is 0 Å². The summed E-state index contributed by atoms with van der Waals surface area (Å²) in [7, 11) is 0. The molecule has 6 heterocycles. The van der Waals surface area contributed by atoms with Gasteiger partial charge >= 0.3 is 12.1 Å². The van der Waals surface area contributed by atoms with E-state index < -0.39 is 17.2 Å². The van der Waals surface area contributed by atoms with Crippen LogP contribution in [0.2, 0.25) is 0 Å². The summed E-state index contributed by atoms with van der Waals surface area (Å²) in [6, 6.07) is 8.20. The molecule has 1 N–H and O–H groups in total. The van der Waals surface area contributed by atoms with Crippen LogP contribution >= 0.6 is 0 Å². The van der Waals surface area contributed by atoms with E-state index >= 15 is 4.39 Å². The summed E-state index contributed by atoms with van der Waals surface area (Å²) in [5.74, 6) is 1.56. The lowest BCUT2D eigenvalue weighted by atomic mass is 9.95. The second kappa shape index (κ2) is 13.7. The van der Waals surface area contributed by atoms with Gasteiger partial charge in [-0.05, 0) is 63.4 Å². The summed E-state index contributed by atoms with van der Waals surface area (Å²) in [5.41, 5.74) is -0.903. The third kappa shape index (κ3) is 6.27. The first kappa shape index (κ1) is 34.4. The van der Waals surface area contributed by atoms with E-state index in [-0.39, 0.29) is 47.1 Å². The fourth-order valence-corrected chi connectivity index (χ4v) is 8.60. The number of amides is 1. The van der Waals surface area contributed by atoms with Crippen LogP contribution in [0.5, 0.6) is 6.01 Å². The molecule has 1 amide bonds. The van der Waals surface area contributed by atoms with Gasteiger partial charge in [0.2, 0.25) is 0 Å². The van der Waals surface area contributed by atoms with Crippen LogP contribution in [0, 0.1) is 24.0 Å². The average molecular weight is 713 g/mol. The number of anilines is 1. The maximum Gasteiger partial charge on any atom is 0.409 e. The number of ether oxygens (including phenoxy) is 3. The highest BCUT2D eigenvalue weighted by atomic mass is 19.1. The van der Waals surface area contributed by atoms with Crippen molar-refractivity contribution in [3.63, 3.8) is 0 Å². The Morgan fingerprint density at radius 1 is 1.10 bits per heavy atom. The Morgan fingerprint density at radius 2 is 1.92 bits per heavy atom. The molecule has 0 unspecified atom stereocenters. The number of hydrogen-bond donors (Lipinski definition) is 1. The topological polar surface area (TPSA) is 113 Å². The van der Waals surface area contributed by atoms with E-state index in [2.05, 4.69) is 20.8 Å². The Bertz CT molecular complexity index is 2070. The van der Waals surface area contributed by atoms with Gasteiger partial charge in [-0.1, -0.05) is 30.2 Å². The van der Waals surface area contributed by atoms with Gasteiger partial charge in [0.25, 0.3) is 0 Å². The Morgan fingerprint density at radius 3 is 2.73 bits per heavy atom. The van der Waals surface area contributed by atoms with Crippen LogP contribution in [-0.2, 0) is 9.47 Å². The predicted molar refractivity (Wildman–Crippen MR) is 191 cm³/mol. The molecule has 2 aromatic heterocycles. The highest BCUT2D eigenvalue weighted by Gasteiger charge is 2.50. The van der Waals surface area contributed by atoms with Gasteiger partial charge in [0.05, 0.1) is 35.3 Å². The first-order chi connectivity index (χ1) is 25.2. The number of aliphatic hydroxyl groups is 1. The molecule has 4 fully saturated rings. The van der Waals surface area contributed by atoms with Crippen molar-refractivity contribution >= 4 is 33.6 Å². The standard InChI is InChI=1S/C39H42F2N6O5/c1-3-27-30(40)10-9-25-7-4-8-28(31(25)27)33-32(41)34-29(21-42-33)35(46-15-5-12-38(2,49)23-46)44-36(43-34)52-24-39-13-6-16-47(39)26(11-14-39)22-51-37(48)45-17-19-50-20-18-45/h1,4,7-10,21,26,49H,5-6,11-20,22-24H2,2H3/t26-,38-,39-/m1/s1. The number of nitrogens with zero attached hydrogens (tertiary/aromatic N) is 6. The van der Waals surface area contributed by atoms with Crippen LogP contribution < -0.4 is 9.64 Å². The third-order valence-electron chi connectivity index (χ3n) is 11.2. The van der Waals surface area contributed by atoms with Crippen molar-refractivity contribution in [1.82, 2.24) is 24.8 Å². The van der Waals surface area contributed by atoms with Crippen LogP contribution in [0.25, 0.3) is 32.9 Å². The number of aromatic nitrogens is 3. The number of rotatable bonds is 7. The Hall–Kier alpha value is -4.64. The summed E-state index contributed by atoms with van der Waals surface area (Å²) in [5, 5.41) is 12.4. The molecule has 2 aromatic carbocycles. The number of benzene rings is 2. The lowest BCUT2D eigenvalue weighted by Gasteiger charge is -2.38. The molecular weight excluding hydrogens is 670 g/mol. The zero-order valence-corrected chi connectivity index (χ0v) is 29.2. The van der Waals surface area contributed by atoms with Gasteiger partial charge in [0.1, 0.15) is 36.1 Å². The quantitative estimate of drug-likeness (QED) is 0.254. The predicted octanol–water partition coefficient (Wildman–Crippen LogP) is 5.30. The summed E-state index contributed by atoms with van der Waals surface area (Å²) in [6.07, 6.45) is 11.9. The molecule has 4 aliphatic rings. The van der Waals surface area contributed by atoms with Crippen LogP contribution in [-0.4, -0.2) is 112 Å². The second-order valence-corrected chi connectivity index (χ2v) is 14.7. The van der Waals surface area contributed by atoms with Crippen molar-refractivity contribution in [1.29, 1.82) is 0 Å². The minimum absolute atomic E-state index is 0.00554.